The van der Waals surface area contributed by atoms with Crippen molar-refractivity contribution < 1.29 is 14.0 Å². The zero-order valence-electron chi connectivity index (χ0n) is 16.7. The number of halogens is 1. The van der Waals surface area contributed by atoms with Crippen LogP contribution in [-0.2, 0) is 4.79 Å². The fourth-order valence-electron chi connectivity index (χ4n) is 3.43. The summed E-state index contributed by atoms with van der Waals surface area (Å²) in [5, 5.41) is 2.67. The average Bonchev–Trinajstić information content (AvgIpc) is 3.12. The SMILES string of the molecule is Cc1ccc(N2C(=O)CS[C@@H]2c2ccccc2NC(=O)c2ccc(F)cc2)cc1C. The minimum atomic E-state index is -0.392. The lowest BCUT2D eigenvalue weighted by atomic mass is 10.1. The molecule has 0 radical (unpaired) electrons. The van der Waals surface area contributed by atoms with Crippen LogP contribution in [-0.4, -0.2) is 17.6 Å². The van der Waals surface area contributed by atoms with Crippen LogP contribution in [0.1, 0.15) is 32.4 Å². The second-order valence-electron chi connectivity index (χ2n) is 7.24. The van der Waals surface area contributed by atoms with Crippen molar-refractivity contribution in [2.24, 2.45) is 0 Å². The number of carbonyl (C=O) groups is 2. The number of para-hydroxylation sites is 1. The van der Waals surface area contributed by atoms with Crippen LogP contribution in [0.15, 0.2) is 66.7 Å². The van der Waals surface area contributed by atoms with Crippen LogP contribution in [0.3, 0.4) is 0 Å². The van der Waals surface area contributed by atoms with Crippen molar-refractivity contribution in [1.82, 2.24) is 0 Å². The van der Waals surface area contributed by atoms with E-state index in [0.717, 1.165) is 16.8 Å². The number of nitrogens with zero attached hydrogens (tertiary/aromatic N) is 1. The monoisotopic (exact) mass is 420 g/mol. The molecule has 1 aliphatic rings. The maximum atomic E-state index is 13.2. The number of nitrogens with one attached hydrogen (secondary N) is 1. The van der Waals surface area contributed by atoms with Gasteiger partial charge in [0, 0.05) is 22.5 Å². The maximum Gasteiger partial charge on any atom is 0.255 e. The van der Waals surface area contributed by atoms with Crippen molar-refractivity contribution in [3.05, 3.63) is 94.8 Å². The summed E-state index contributed by atoms with van der Waals surface area (Å²) in [6.07, 6.45) is 0. The summed E-state index contributed by atoms with van der Waals surface area (Å²) in [5.74, 6) is -0.308. The molecule has 1 heterocycles. The van der Waals surface area contributed by atoms with Crippen LogP contribution >= 0.6 is 11.8 Å². The zero-order chi connectivity index (χ0) is 21.3. The second-order valence-corrected chi connectivity index (χ2v) is 8.31. The van der Waals surface area contributed by atoms with E-state index in [-0.39, 0.29) is 17.2 Å². The Bertz CT molecular complexity index is 1110. The summed E-state index contributed by atoms with van der Waals surface area (Å²) < 4.78 is 13.2. The summed E-state index contributed by atoms with van der Waals surface area (Å²) in [4.78, 5) is 27.2. The molecule has 0 aromatic heterocycles. The van der Waals surface area contributed by atoms with Crippen LogP contribution in [0, 0.1) is 19.7 Å². The van der Waals surface area contributed by atoms with Gasteiger partial charge >= 0.3 is 0 Å². The van der Waals surface area contributed by atoms with E-state index in [4.69, 9.17) is 0 Å². The van der Waals surface area contributed by atoms with Gasteiger partial charge in [0.05, 0.1) is 5.75 Å². The Morgan fingerprint density at radius 1 is 1.03 bits per heavy atom. The molecule has 4 rings (SSSR count). The highest BCUT2D eigenvalue weighted by atomic mass is 32.2. The number of anilines is 2. The number of aryl methyl sites for hydroxylation is 2. The van der Waals surface area contributed by atoms with Crippen molar-refractivity contribution in [3.63, 3.8) is 0 Å². The van der Waals surface area contributed by atoms with Gasteiger partial charge in [0.2, 0.25) is 5.91 Å². The molecule has 3 aromatic carbocycles. The standard InChI is InChI=1S/C24H21FN2O2S/c1-15-7-12-19(13-16(15)2)27-22(28)14-30-24(27)20-5-3-4-6-21(20)26-23(29)17-8-10-18(25)11-9-17/h3-13,24H,14H2,1-2H3,(H,26,29)/t24-/m1/s1. The van der Waals surface area contributed by atoms with Crippen molar-refractivity contribution in [2.45, 2.75) is 19.2 Å². The molecular formula is C24H21FN2O2S. The first kappa shape index (κ1) is 20.2. The first-order valence-corrected chi connectivity index (χ1v) is 10.7. The van der Waals surface area contributed by atoms with Crippen molar-refractivity contribution >= 4 is 35.0 Å². The summed E-state index contributed by atoms with van der Waals surface area (Å²) in [7, 11) is 0. The van der Waals surface area contributed by atoms with Crippen LogP contribution < -0.4 is 10.2 Å². The van der Waals surface area contributed by atoms with Gasteiger partial charge in [0.1, 0.15) is 11.2 Å². The predicted molar refractivity (Wildman–Crippen MR) is 119 cm³/mol. The van der Waals surface area contributed by atoms with Crippen molar-refractivity contribution in [2.75, 3.05) is 16.0 Å². The molecule has 1 saturated heterocycles. The van der Waals surface area contributed by atoms with Gasteiger partial charge < -0.3 is 5.32 Å². The van der Waals surface area contributed by atoms with E-state index in [1.54, 1.807) is 4.90 Å². The van der Waals surface area contributed by atoms with E-state index in [1.165, 1.54) is 41.6 Å². The molecule has 4 nitrogen and oxygen atoms in total. The minimum Gasteiger partial charge on any atom is -0.322 e. The van der Waals surface area contributed by atoms with Gasteiger partial charge in [-0.2, -0.15) is 0 Å². The molecule has 0 bridgehead atoms. The number of carbonyl (C=O) groups excluding carboxylic acids is 2. The third-order valence-electron chi connectivity index (χ3n) is 5.22. The Labute approximate surface area is 179 Å². The van der Waals surface area contributed by atoms with Crippen molar-refractivity contribution in [3.8, 4) is 0 Å². The second kappa shape index (κ2) is 8.32. The molecule has 2 amide bonds. The molecule has 1 atom stereocenters. The lowest BCUT2D eigenvalue weighted by Crippen LogP contribution is -2.28. The molecule has 0 aliphatic carbocycles. The number of hydrogen-bond donors (Lipinski definition) is 1. The lowest BCUT2D eigenvalue weighted by Gasteiger charge is -2.26. The van der Waals surface area contributed by atoms with Crippen LogP contribution in [0.5, 0.6) is 0 Å². The molecule has 6 heteroatoms. The van der Waals surface area contributed by atoms with Gasteiger partial charge in [0.15, 0.2) is 0 Å². The molecule has 0 spiro atoms. The third-order valence-corrected chi connectivity index (χ3v) is 6.41. The molecule has 0 saturated carbocycles. The van der Waals surface area contributed by atoms with Gasteiger partial charge in [-0.25, -0.2) is 4.39 Å². The fourth-order valence-corrected chi connectivity index (χ4v) is 4.64. The van der Waals surface area contributed by atoms with E-state index in [0.29, 0.717) is 17.0 Å². The summed E-state index contributed by atoms with van der Waals surface area (Å²) in [6.45, 7) is 4.07. The van der Waals surface area contributed by atoms with Gasteiger partial charge in [-0.1, -0.05) is 24.3 Å². The Kier molecular flexibility index (Phi) is 5.59. The number of rotatable bonds is 4. The zero-order valence-corrected chi connectivity index (χ0v) is 17.5. The number of hydrogen-bond acceptors (Lipinski definition) is 3. The Morgan fingerprint density at radius 2 is 1.77 bits per heavy atom. The van der Waals surface area contributed by atoms with Crippen LogP contribution in [0.4, 0.5) is 15.8 Å². The normalized spacial score (nSPS) is 16.0. The summed E-state index contributed by atoms with van der Waals surface area (Å²) in [6, 6.07) is 18.9. The van der Waals surface area contributed by atoms with E-state index in [2.05, 4.69) is 5.32 Å². The largest absolute Gasteiger partial charge is 0.322 e. The summed E-state index contributed by atoms with van der Waals surface area (Å²) in [5.41, 5.74) is 4.98. The lowest BCUT2D eigenvalue weighted by molar-refractivity contribution is -0.115. The van der Waals surface area contributed by atoms with E-state index >= 15 is 0 Å². The quantitative estimate of drug-likeness (QED) is 0.609. The maximum absolute atomic E-state index is 13.2. The highest BCUT2D eigenvalue weighted by Gasteiger charge is 2.35. The number of benzene rings is 3. The predicted octanol–water partition coefficient (Wildman–Crippen LogP) is 5.47. The first-order valence-electron chi connectivity index (χ1n) is 9.61. The highest BCUT2D eigenvalue weighted by Crippen LogP contribution is 2.44. The molecule has 0 unspecified atom stereocenters. The van der Waals surface area contributed by atoms with E-state index < -0.39 is 5.82 Å². The molecule has 1 aliphatic heterocycles. The molecule has 3 aromatic rings. The van der Waals surface area contributed by atoms with Crippen LogP contribution in [0.25, 0.3) is 0 Å². The van der Waals surface area contributed by atoms with Gasteiger partial charge in [-0.15, -0.1) is 11.8 Å². The van der Waals surface area contributed by atoms with Gasteiger partial charge in [-0.05, 0) is 67.4 Å². The first-order chi connectivity index (χ1) is 14.4. The molecule has 1 N–H and O–H groups in total. The average molecular weight is 421 g/mol. The third kappa shape index (κ3) is 3.96. The van der Waals surface area contributed by atoms with Crippen LogP contribution in [0.2, 0.25) is 0 Å². The molecule has 30 heavy (non-hydrogen) atoms. The van der Waals surface area contributed by atoms with Gasteiger partial charge in [-0.3, -0.25) is 14.5 Å². The Morgan fingerprint density at radius 3 is 2.50 bits per heavy atom. The Balaban J connectivity index is 1.66. The topological polar surface area (TPSA) is 49.4 Å². The van der Waals surface area contributed by atoms with E-state index in [1.807, 2.05) is 56.3 Å². The number of thioether (sulfide) groups is 1. The van der Waals surface area contributed by atoms with Gasteiger partial charge in [0.25, 0.3) is 5.91 Å². The summed E-state index contributed by atoms with van der Waals surface area (Å²) >= 11 is 1.53. The minimum absolute atomic E-state index is 0.0351. The molecular weight excluding hydrogens is 399 g/mol. The van der Waals surface area contributed by atoms with E-state index in [9.17, 15) is 14.0 Å². The van der Waals surface area contributed by atoms with Crippen molar-refractivity contribution in [1.29, 1.82) is 0 Å². The highest BCUT2D eigenvalue weighted by molar-refractivity contribution is 8.00. The smallest absolute Gasteiger partial charge is 0.255 e. The molecule has 1 fully saturated rings. The molecule has 152 valence electrons. The number of amides is 2. The Hall–Kier alpha value is -3.12. The fraction of sp³-hybridized carbons (Fsp3) is 0.167.